The predicted molar refractivity (Wildman–Crippen MR) is 99.0 cm³/mol. The molecule has 128 valence electrons. The minimum atomic E-state index is 0.101. The highest BCUT2D eigenvalue weighted by atomic mass is 16.1. The Hall–Kier alpha value is -2.66. The Morgan fingerprint density at radius 1 is 1.16 bits per heavy atom. The molecule has 4 rings (SSSR count). The number of nitrogens with zero attached hydrogens (tertiary/aromatic N) is 1. The summed E-state index contributed by atoms with van der Waals surface area (Å²) in [4.78, 5) is 20.1. The van der Waals surface area contributed by atoms with Crippen LogP contribution in [0, 0.1) is 5.92 Å². The molecule has 1 unspecified atom stereocenters. The second-order valence-electron chi connectivity index (χ2n) is 6.56. The maximum Gasteiger partial charge on any atom is 0.224 e. The lowest BCUT2D eigenvalue weighted by atomic mass is 9.99. The molecular formula is C20H22N4O. The first-order chi connectivity index (χ1) is 12.3. The van der Waals surface area contributed by atoms with Crippen molar-refractivity contribution in [3.05, 3.63) is 54.1 Å². The molecule has 25 heavy (non-hydrogen) atoms. The van der Waals surface area contributed by atoms with Crippen LogP contribution >= 0.6 is 0 Å². The number of hydrogen-bond acceptors (Lipinski definition) is 3. The molecule has 1 aromatic heterocycles. The summed E-state index contributed by atoms with van der Waals surface area (Å²) in [6.07, 6.45) is 2.05. The Labute approximate surface area is 146 Å². The Kier molecular flexibility index (Phi) is 4.48. The van der Waals surface area contributed by atoms with Crippen LogP contribution in [0.3, 0.4) is 0 Å². The third-order valence-electron chi connectivity index (χ3n) is 4.75. The molecule has 2 heterocycles. The summed E-state index contributed by atoms with van der Waals surface area (Å²) in [5, 5.41) is 6.33. The number of carbonyl (C=O) groups is 1. The number of rotatable bonds is 4. The Morgan fingerprint density at radius 2 is 2.00 bits per heavy atom. The first-order valence-corrected chi connectivity index (χ1v) is 8.82. The SMILES string of the molecule is O=C(NCc1ccc(-c2nc3ccccc3[nH]2)cc1)C1CCCNC1. The maximum absolute atomic E-state index is 12.2. The molecule has 5 nitrogen and oxygen atoms in total. The molecule has 2 aromatic carbocycles. The minimum Gasteiger partial charge on any atom is -0.352 e. The third-order valence-corrected chi connectivity index (χ3v) is 4.75. The van der Waals surface area contributed by atoms with Crippen molar-refractivity contribution in [2.45, 2.75) is 19.4 Å². The van der Waals surface area contributed by atoms with Gasteiger partial charge in [0.15, 0.2) is 0 Å². The number of para-hydroxylation sites is 2. The molecule has 1 saturated heterocycles. The zero-order valence-corrected chi connectivity index (χ0v) is 14.1. The standard InChI is InChI=1S/C20H22N4O/c25-20(16-4-3-11-21-13-16)22-12-14-7-9-15(10-8-14)19-23-17-5-1-2-6-18(17)24-19/h1-2,5-10,16,21H,3-4,11-13H2,(H,22,25)(H,23,24). The molecule has 0 radical (unpaired) electrons. The van der Waals surface area contributed by atoms with Crippen LogP contribution in [0.25, 0.3) is 22.4 Å². The van der Waals surface area contributed by atoms with Gasteiger partial charge >= 0.3 is 0 Å². The van der Waals surface area contributed by atoms with Crippen LogP contribution in [0.2, 0.25) is 0 Å². The second kappa shape index (κ2) is 7.07. The van der Waals surface area contributed by atoms with E-state index >= 15 is 0 Å². The number of nitrogens with one attached hydrogen (secondary N) is 3. The van der Waals surface area contributed by atoms with Crippen molar-refractivity contribution in [2.75, 3.05) is 13.1 Å². The van der Waals surface area contributed by atoms with E-state index in [1.54, 1.807) is 0 Å². The number of aromatic nitrogens is 2. The van der Waals surface area contributed by atoms with E-state index in [9.17, 15) is 4.79 Å². The fourth-order valence-corrected chi connectivity index (χ4v) is 3.28. The number of hydrogen-bond donors (Lipinski definition) is 3. The van der Waals surface area contributed by atoms with E-state index in [-0.39, 0.29) is 11.8 Å². The molecule has 5 heteroatoms. The number of imidazole rings is 1. The Bertz CT molecular complexity index is 830. The quantitative estimate of drug-likeness (QED) is 0.687. The van der Waals surface area contributed by atoms with Crippen molar-refractivity contribution < 1.29 is 4.79 Å². The predicted octanol–water partition coefficient (Wildman–Crippen LogP) is 2.85. The molecule has 3 N–H and O–H groups in total. The summed E-state index contributed by atoms with van der Waals surface area (Å²) in [6.45, 7) is 2.37. The van der Waals surface area contributed by atoms with Gasteiger partial charge in [-0.3, -0.25) is 4.79 Å². The molecule has 3 aromatic rings. The molecule has 1 aliphatic rings. The average Bonchev–Trinajstić information content (AvgIpc) is 3.11. The molecule has 1 fully saturated rings. The van der Waals surface area contributed by atoms with Gasteiger partial charge < -0.3 is 15.6 Å². The van der Waals surface area contributed by atoms with Crippen molar-refractivity contribution in [3.63, 3.8) is 0 Å². The normalized spacial score (nSPS) is 17.5. The van der Waals surface area contributed by atoms with E-state index in [1.165, 1.54) is 0 Å². The lowest BCUT2D eigenvalue weighted by molar-refractivity contribution is -0.125. The number of piperidine rings is 1. The largest absolute Gasteiger partial charge is 0.352 e. The topological polar surface area (TPSA) is 69.8 Å². The van der Waals surface area contributed by atoms with Gasteiger partial charge in [0.05, 0.1) is 17.0 Å². The van der Waals surface area contributed by atoms with Gasteiger partial charge in [0.2, 0.25) is 5.91 Å². The first-order valence-electron chi connectivity index (χ1n) is 8.82. The number of amides is 1. The summed E-state index contributed by atoms with van der Waals surface area (Å²) < 4.78 is 0. The molecule has 0 bridgehead atoms. The summed E-state index contributed by atoms with van der Waals surface area (Å²) in [6, 6.07) is 16.2. The lowest BCUT2D eigenvalue weighted by Crippen LogP contribution is -2.40. The van der Waals surface area contributed by atoms with Crippen LogP contribution in [-0.2, 0) is 11.3 Å². The van der Waals surface area contributed by atoms with Crippen molar-refractivity contribution in [2.24, 2.45) is 5.92 Å². The lowest BCUT2D eigenvalue weighted by Gasteiger charge is -2.21. The summed E-state index contributed by atoms with van der Waals surface area (Å²) in [5.74, 6) is 1.11. The van der Waals surface area contributed by atoms with Crippen LogP contribution in [0.4, 0.5) is 0 Å². The highest BCUT2D eigenvalue weighted by molar-refractivity contribution is 5.80. The minimum absolute atomic E-state index is 0.101. The van der Waals surface area contributed by atoms with Crippen LogP contribution in [-0.4, -0.2) is 29.0 Å². The van der Waals surface area contributed by atoms with Gasteiger partial charge in [-0.15, -0.1) is 0 Å². The van der Waals surface area contributed by atoms with Gasteiger partial charge in [-0.05, 0) is 37.1 Å². The second-order valence-corrected chi connectivity index (χ2v) is 6.56. The van der Waals surface area contributed by atoms with E-state index in [1.807, 2.05) is 48.5 Å². The van der Waals surface area contributed by atoms with Crippen LogP contribution in [0.5, 0.6) is 0 Å². The van der Waals surface area contributed by atoms with Crippen LogP contribution < -0.4 is 10.6 Å². The van der Waals surface area contributed by atoms with Gasteiger partial charge in [0.1, 0.15) is 5.82 Å². The fourth-order valence-electron chi connectivity index (χ4n) is 3.28. The Balaban J connectivity index is 1.40. The number of H-pyrrole nitrogens is 1. The summed E-state index contributed by atoms with van der Waals surface area (Å²) in [7, 11) is 0. The third kappa shape index (κ3) is 3.56. The zero-order valence-electron chi connectivity index (χ0n) is 14.1. The van der Waals surface area contributed by atoms with Crippen molar-refractivity contribution >= 4 is 16.9 Å². The highest BCUT2D eigenvalue weighted by Gasteiger charge is 2.20. The molecule has 1 amide bonds. The van der Waals surface area contributed by atoms with Crippen LogP contribution in [0.15, 0.2) is 48.5 Å². The average molecular weight is 334 g/mol. The van der Waals surface area contributed by atoms with Gasteiger partial charge in [0.25, 0.3) is 0 Å². The molecule has 1 aliphatic heterocycles. The van der Waals surface area contributed by atoms with Crippen molar-refractivity contribution in [1.82, 2.24) is 20.6 Å². The molecule has 0 saturated carbocycles. The molecular weight excluding hydrogens is 312 g/mol. The van der Waals surface area contributed by atoms with Crippen LogP contribution in [0.1, 0.15) is 18.4 Å². The first kappa shape index (κ1) is 15.8. The number of aromatic amines is 1. The fraction of sp³-hybridized carbons (Fsp3) is 0.300. The van der Waals surface area contributed by atoms with Crippen molar-refractivity contribution in [3.8, 4) is 11.4 Å². The highest BCUT2D eigenvalue weighted by Crippen LogP contribution is 2.20. The summed E-state index contributed by atoms with van der Waals surface area (Å²) >= 11 is 0. The smallest absolute Gasteiger partial charge is 0.224 e. The van der Waals surface area contributed by atoms with E-state index in [4.69, 9.17) is 0 Å². The molecule has 0 spiro atoms. The zero-order chi connectivity index (χ0) is 17.1. The molecule has 0 aliphatic carbocycles. The number of carbonyl (C=O) groups excluding carboxylic acids is 1. The van der Waals surface area contributed by atoms with E-state index in [0.717, 1.165) is 53.9 Å². The van der Waals surface area contributed by atoms with Gasteiger partial charge in [0, 0.05) is 18.7 Å². The monoisotopic (exact) mass is 334 g/mol. The van der Waals surface area contributed by atoms with Crippen molar-refractivity contribution in [1.29, 1.82) is 0 Å². The Morgan fingerprint density at radius 3 is 2.76 bits per heavy atom. The van der Waals surface area contributed by atoms with Gasteiger partial charge in [-0.1, -0.05) is 36.4 Å². The number of fused-ring (bicyclic) bond motifs is 1. The van der Waals surface area contributed by atoms with Gasteiger partial charge in [-0.2, -0.15) is 0 Å². The van der Waals surface area contributed by atoms with E-state index in [0.29, 0.717) is 6.54 Å². The van der Waals surface area contributed by atoms with Gasteiger partial charge in [-0.25, -0.2) is 4.98 Å². The number of benzene rings is 2. The van der Waals surface area contributed by atoms with E-state index in [2.05, 4.69) is 20.6 Å². The molecule has 1 atom stereocenters. The van der Waals surface area contributed by atoms with E-state index < -0.39 is 0 Å². The summed E-state index contributed by atoms with van der Waals surface area (Å²) in [5.41, 5.74) is 4.14. The maximum atomic E-state index is 12.2.